The molecule has 0 aromatic carbocycles. The van der Waals surface area contributed by atoms with Crippen LogP contribution in [-0.4, -0.2) is 53.6 Å². The number of nitrogens with two attached hydrogens (primary N) is 1. The maximum atomic E-state index is 6.49. The van der Waals surface area contributed by atoms with Crippen molar-refractivity contribution in [3.8, 4) is 5.75 Å². The first-order valence-corrected chi connectivity index (χ1v) is 7.79. The highest BCUT2D eigenvalue weighted by atomic mass is 16.5. The van der Waals surface area contributed by atoms with Gasteiger partial charge in [-0.1, -0.05) is 6.92 Å². The Hall–Kier alpha value is -1.11. The molecule has 1 aromatic rings. The van der Waals surface area contributed by atoms with Crippen LogP contribution in [0.25, 0.3) is 0 Å². The molecule has 2 rings (SSSR count). The van der Waals surface area contributed by atoms with E-state index in [4.69, 9.17) is 15.2 Å². The van der Waals surface area contributed by atoms with Gasteiger partial charge in [0.25, 0.3) is 0 Å². The molecule has 2 heterocycles. The zero-order valence-electron chi connectivity index (χ0n) is 13.6. The Morgan fingerprint density at radius 1 is 1.52 bits per heavy atom. The Morgan fingerprint density at radius 2 is 2.29 bits per heavy atom. The molecule has 6 nitrogen and oxygen atoms in total. The normalized spacial score (nSPS) is 21.7. The van der Waals surface area contributed by atoms with Crippen molar-refractivity contribution < 1.29 is 9.47 Å². The minimum atomic E-state index is -0.226. The molecule has 1 aromatic heterocycles. The minimum absolute atomic E-state index is 0.0256. The number of rotatable bonds is 6. The first kappa shape index (κ1) is 16.3. The summed E-state index contributed by atoms with van der Waals surface area (Å²) in [6, 6.07) is 0.279. The molecule has 1 aliphatic rings. The molecule has 21 heavy (non-hydrogen) atoms. The Kier molecular flexibility index (Phi) is 5.61. The summed E-state index contributed by atoms with van der Waals surface area (Å²) in [5.74, 6) is 0.751. The fourth-order valence-electron chi connectivity index (χ4n) is 2.82. The van der Waals surface area contributed by atoms with Crippen LogP contribution in [-0.2, 0) is 11.3 Å². The lowest BCUT2D eigenvalue weighted by atomic mass is 10.0. The van der Waals surface area contributed by atoms with Crippen molar-refractivity contribution in [2.45, 2.75) is 51.9 Å². The Morgan fingerprint density at radius 3 is 2.90 bits per heavy atom. The van der Waals surface area contributed by atoms with E-state index in [1.807, 2.05) is 4.68 Å². The zero-order valence-corrected chi connectivity index (χ0v) is 13.6. The summed E-state index contributed by atoms with van der Waals surface area (Å²) < 4.78 is 13.3. The van der Waals surface area contributed by atoms with Crippen molar-refractivity contribution in [3.63, 3.8) is 0 Å². The fraction of sp³-hybridized carbons (Fsp3) is 0.800. The average Bonchev–Trinajstić information content (AvgIpc) is 2.89. The second-order valence-electron chi connectivity index (χ2n) is 5.85. The highest BCUT2D eigenvalue weighted by molar-refractivity contribution is 5.29. The monoisotopic (exact) mass is 296 g/mol. The molecular formula is C15H28N4O2. The van der Waals surface area contributed by atoms with Crippen LogP contribution >= 0.6 is 0 Å². The lowest BCUT2D eigenvalue weighted by Crippen LogP contribution is -2.49. The second-order valence-corrected chi connectivity index (χ2v) is 5.85. The Bertz CT molecular complexity index is 447. The summed E-state index contributed by atoms with van der Waals surface area (Å²) in [7, 11) is 1.66. The third-order valence-corrected chi connectivity index (χ3v) is 4.07. The maximum absolute atomic E-state index is 6.49. The Labute approximate surface area is 127 Å². The summed E-state index contributed by atoms with van der Waals surface area (Å²) in [4.78, 5) is 2.40. The van der Waals surface area contributed by atoms with Crippen LogP contribution in [0.3, 0.4) is 0 Å². The molecule has 2 unspecified atom stereocenters. The van der Waals surface area contributed by atoms with E-state index >= 15 is 0 Å². The van der Waals surface area contributed by atoms with E-state index in [0.29, 0.717) is 6.04 Å². The standard InChI is InChI=1S/C15H28N4O2/c1-5-6-19-15(12(20-4)9-17-19)14(16)13-10-18(11(2)3)7-8-21-13/h9,11,13-14H,5-8,10,16H2,1-4H3. The quantitative estimate of drug-likeness (QED) is 0.860. The summed E-state index contributed by atoms with van der Waals surface area (Å²) in [5.41, 5.74) is 7.43. The number of aromatic nitrogens is 2. The predicted octanol–water partition coefficient (Wildman–Crippen LogP) is 1.41. The third kappa shape index (κ3) is 3.56. The zero-order chi connectivity index (χ0) is 15.4. The molecule has 1 fully saturated rings. The van der Waals surface area contributed by atoms with Crippen LogP contribution in [0, 0.1) is 0 Å². The SMILES string of the molecule is CCCn1ncc(OC)c1C(N)C1CN(C(C)C)CCO1. The smallest absolute Gasteiger partial charge is 0.161 e. The van der Waals surface area contributed by atoms with Crippen molar-refractivity contribution in [2.75, 3.05) is 26.8 Å². The number of hydrogen-bond acceptors (Lipinski definition) is 5. The highest BCUT2D eigenvalue weighted by Gasteiger charge is 2.31. The molecule has 0 radical (unpaired) electrons. The van der Waals surface area contributed by atoms with Gasteiger partial charge in [-0.25, -0.2) is 0 Å². The van der Waals surface area contributed by atoms with Crippen molar-refractivity contribution in [1.29, 1.82) is 0 Å². The molecule has 0 bridgehead atoms. The topological polar surface area (TPSA) is 65.5 Å². The van der Waals surface area contributed by atoms with Crippen molar-refractivity contribution in [1.82, 2.24) is 14.7 Å². The maximum Gasteiger partial charge on any atom is 0.161 e. The van der Waals surface area contributed by atoms with Crippen molar-refractivity contribution in [2.24, 2.45) is 5.73 Å². The predicted molar refractivity (Wildman–Crippen MR) is 82.4 cm³/mol. The first-order valence-electron chi connectivity index (χ1n) is 7.79. The van der Waals surface area contributed by atoms with Gasteiger partial charge >= 0.3 is 0 Å². The van der Waals surface area contributed by atoms with Gasteiger partial charge in [-0.2, -0.15) is 5.10 Å². The van der Waals surface area contributed by atoms with E-state index in [9.17, 15) is 0 Å². The number of morpholine rings is 1. The molecule has 2 N–H and O–H groups in total. The van der Waals surface area contributed by atoms with Gasteiger partial charge in [-0.05, 0) is 20.3 Å². The van der Waals surface area contributed by atoms with Crippen LogP contribution in [0.5, 0.6) is 5.75 Å². The van der Waals surface area contributed by atoms with E-state index in [0.717, 1.165) is 44.1 Å². The molecule has 0 amide bonds. The van der Waals surface area contributed by atoms with E-state index in [-0.39, 0.29) is 12.1 Å². The summed E-state index contributed by atoms with van der Waals surface area (Å²) in [5, 5.41) is 4.39. The molecule has 6 heteroatoms. The molecule has 2 atom stereocenters. The Balaban J connectivity index is 2.18. The van der Waals surface area contributed by atoms with Gasteiger partial charge in [-0.15, -0.1) is 0 Å². The van der Waals surface area contributed by atoms with Gasteiger partial charge in [0.15, 0.2) is 5.75 Å². The van der Waals surface area contributed by atoms with Crippen LogP contribution in [0.4, 0.5) is 0 Å². The van der Waals surface area contributed by atoms with E-state index in [1.54, 1.807) is 13.3 Å². The molecule has 1 aliphatic heterocycles. The van der Waals surface area contributed by atoms with Gasteiger partial charge in [0.1, 0.15) is 0 Å². The van der Waals surface area contributed by atoms with Gasteiger partial charge in [0, 0.05) is 25.7 Å². The van der Waals surface area contributed by atoms with Crippen LogP contribution in [0.1, 0.15) is 38.9 Å². The van der Waals surface area contributed by atoms with E-state index in [2.05, 4.69) is 30.8 Å². The number of ether oxygens (including phenoxy) is 2. The van der Waals surface area contributed by atoms with Crippen LogP contribution < -0.4 is 10.5 Å². The minimum Gasteiger partial charge on any atom is -0.493 e. The van der Waals surface area contributed by atoms with Gasteiger partial charge < -0.3 is 15.2 Å². The van der Waals surface area contributed by atoms with Crippen molar-refractivity contribution >= 4 is 0 Å². The lowest BCUT2D eigenvalue weighted by molar-refractivity contribution is -0.0516. The fourth-order valence-corrected chi connectivity index (χ4v) is 2.82. The number of methoxy groups -OCH3 is 1. The average molecular weight is 296 g/mol. The molecular weight excluding hydrogens is 268 g/mol. The van der Waals surface area contributed by atoms with Crippen LogP contribution in [0.2, 0.25) is 0 Å². The largest absolute Gasteiger partial charge is 0.493 e. The number of aryl methyl sites for hydroxylation is 1. The molecule has 120 valence electrons. The summed E-state index contributed by atoms with van der Waals surface area (Å²) in [6.45, 7) is 9.91. The number of hydrogen-bond donors (Lipinski definition) is 1. The summed E-state index contributed by atoms with van der Waals surface area (Å²) in [6.07, 6.45) is 2.73. The highest BCUT2D eigenvalue weighted by Crippen LogP contribution is 2.28. The lowest BCUT2D eigenvalue weighted by Gasteiger charge is -2.38. The van der Waals surface area contributed by atoms with E-state index in [1.165, 1.54) is 0 Å². The second kappa shape index (κ2) is 7.24. The van der Waals surface area contributed by atoms with E-state index < -0.39 is 0 Å². The van der Waals surface area contributed by atoms with Gasteiger partial charge in [-0.3, -0.25) is 9.58 Å². The van der Waals surface area contributed by atoms with Crippen LogP contribution in [0.15, 0.2) is 6.20 Å². The number of nitrogens with zero attached hydrogens (tertiary/aromatic N) is 3. The molecule has 1 saturated heterocycles. The molecule has 0 aliphatic carbocycles. The molecule has 0 saturated carbocycles. The molecule has 0 spiro atoms. The van der Waals surface area contributed by atoms with Gasteiger partial charge in [0.05, 0.1) is 37.8 Å². The first-order chi connectivity index (χ1) is 10.1. The summed E-state index contributed by atoms with van der Waals surface area (Å²) >= 11 is 0. The van der Waals surface area contributed by atoms with Crippen molar-refractivity contribution in [3.05, 3.63) is 11.9 Å². The van der Waals surface area contributed by atoms with Gasteiger partial charge in [0.2, 0.25) is 0 Å². The third-order valence-electron chi connectivity index (χ3n) is 4.07.